The Morgan fingerprint density at radius 1 is 1.04 bits per heavy atom. The van der Waals surface area contributed by atoms with Gasteiger partial charge in [0.05, 0.1) is 11.6 Å². The minimum atomic E-state index is -0.548. The molecule has 0 saturated heterocycles. The Balaban J connectivity index is 1.55. The number of rotatable bonds is 5. The quantitative estimate of drug-likeness (QED) is 0.542. The summed E-state index contributed by atoms with van der Waals surface area (Å²) in [4.78, 5) is 26.5. The number of fused-ring (bicyclic) bond motifs is 1. The van der Waals surface area contributed by atoms with Crippen molar-refractivity contribution in [2.45, 2.75) is 13.0 Å². The van der Waals surface area contributed by atoms with Gasteiger partial charge in [0.15, 0.2) is 5.58 Å². The molecule has 4 aromatic rings. The highest BCUT2D eigenvalue weighted by Gasteiger charge is 2.16. The Hall–Kier alpha value is -3.80. The van der Waals surface area contributed by atoms with Crippen LogP contribution >= 0.6 is 0 Å². The third-order valence-electron chi connectivity index (χ3n) is 4.39. The lowest BCUT2D eigenvalue weighted by molar-refractivity contribution is 0.0939. The SMILES string of the molecule is CC(NC(=O)c1ccc2[nH]c(=O)oc2c1)c1ccccc1Oc1ccccc1. The number of aromatic nitrogens is 1. The summed E-state index contributed by atoms with van der Waals surface area (Å²) in [6.45, 7) is 1.89. The second kappa shape index (κ2) is 7.44. The van der Waals surface area contributed by atoms with E-state index >= 15 is 0 Å². The van der Waals surface area contributed by atoms with E-state index in [-0.39, 0.29) is 11.9 Å². The molecular formula is C22H18N2O4. The molecule has 0 saturated carbocycles. The lowest BCUT2D eigenvalue weighted by Gasteiger charge is -2.18. The number of carbonyl (C=O) groups is 1. The van der Waals surface area contributed by atoms with E-state index in [1.54, 1.807) is 18.2 Å². The fourth-order valence-electron chi connectivity index (χ4n) is 2.99. The fourth-order valence-corrected chi connectivity index (χ4v) is 2.99. The number of carbonyl (C=O) groups excluding carboxylic acids is 1. The zero-order chi connectivity index (χ0) is 19.5. The zero-order valence-corrected chi connectivity index (χ0v) is 15.1. The van der Waals surface area contributed by atoms with E-state index in [1.165, 1.54) is 0 Å². The van der Waals surface area contributed by atoms with Gasteiger partial charge >= 0.3 is 5.76 Å². The molecule has 0 spiro atoms. The van der Waals surface area contributed by atoms with Crippen molar-refractivity contribution in [3.63, 3.8) is 0 Å². The summed E-state index contributed by atoms with van der Waals surface area (Å²) in [5.41, 5.74) is 2.16. The highest BCUT2D eigenvalue weighted by Crippen LogP contribution is 2.29. The van der Waals surface area contributed by atoms with Crippen LogP contribution < -0.4 is 15.8 Å². The predicted octanol–water partition coefficient (Wildman–Crippen LogP) is 4.40. The summed E-state index contributed by atoms with van der Waals surface area (Å²) in [6, 6.07) is 21.6. The number of nitrogens with one attached hydrogen (secondary N) is 2. The third-order valence-corrected chi connectivity index (χ3v) is 4.39. The maximum absolute atomic E-state index is 12.7. The van der Waals surface area contributed by atoms with E-state index in [2.05, 4.69) is 10.3 Å². The van der Waals surface area contributed by atoms with Crippen LogP contribution in [0.15, 0.2) is 82.0 Å². The molecule has 3 aromatic carbocycles. The molecule has 28 heavy (non-hydrogen) atoms. The molecule has 6 nitrogen and oxygen atoms in total. The molecule has 0 aliphatic heterocycles. The highest BCUT2D eigenvalue weighted by atomic mass is 16.5. The van der Waals surface area contributed by atoms with Crippen LogP contribution in [0, 0.1) is 0 Å². The van der Waals surface area contributed by atoms with Gasteiger partial charge in [-0.25, -0.2) is 4.79 Å². The van der Waals surface area contributed by atoms with E-state index in [4.69, 9.17) is 9.15 Å². The van der Waals surface area contributed by atoms with Crippen molar-refractivity contribution in [1.29, 1.82) is 0 Å². The average Bonchev–Trinajstić information content (AvgIpc) is 3.08. The van der Waals surface area contributed by atoms with Gasteiger partial charge in [-0.2, -0.15) is 0 Å². The summed E-state index contributed by atoms with van der Waals surface area (Å²) in [5, 5.41) is 2.96. The van der Waals surface area contributed by atoms with Crippen LogP contribution in [0.2, 0.25) is 0 Å². The standard InChI is InChI=1S/C22H18N2O4/c1-14(17-9-5-6-10-19(17)27-16-7-3-2-4-8-16)23-21(25)15-11-12-18-20(13-15)28-22(26)24-18/h2-14H,1H3,(H,23,25)(H,24,26). The maximum atomic E-state index is 12.7. The number of hydrogen-bond donors (Lipinski definition) is 2. The second-order valence-electron chi connectivity index (χ2n) is 6.37. The van der Waals surface area contributed by atoms with Crippen molar-refractivity contribution in [3.8, 4) is 11.5 Å². The molecule has 0 fully saturated rings. The average molecular weight is 374 g/mol. The molecule has 1 atom stereocenters. The largest absolute Gasteiger partial charge is 0.457 e. The van der Waals surface area contributed by atoms with Crippen LogP contribution in [0.4, 0.5) is 0 Å². The molecule has 0 aliphatic rings. The molecule has 2 N–H and O–H groups in total. The Labute approximate surface area is 160 Å². The summed E-state index contributed by atoms with van der Waals surface area (Å²) in [7, 11) is 0. The molecule has 1 unspecified atom stereocenters. The molecule has 0 aliphatic carbocycles. The van der Waals surface area contributed by atoms with Crippen molar-refractivity contribution in [3.05, 3.63) is 94.5 Å². The highest BCUT2D eigenvalue weighted by molar-refractivity contribution is 5.97. The van der Waals surface area contributed by atoms with Crippen LogP contribution in [0.3, 0.4) is 0 Å². The number of ether oxygens (including phenoxy) is 1. The van der Waals surface area contributed by atoms with Crippen LogP contribution in [0.1, 0.15) is 28.9 Å². The van der Waals surface area contributed by atoms with Gasteiger partial charge in [0, 0.05) is 11.1 Å². The van der Waals surface area contributed by atoms with Crippen LogP contribution in [-0.4, -0.2) is 10.9 Å². The third kappa shape index (κ3) is 3.66. The topological polar surface area (TPSA) is 84.3 Å². The number of aromatic amines is 1. The summed E-state index contributed by atoms with van der Waals surface area (Å²) < 4.78 is 11.0. The zero-order valence-electron chi connectivity index (χ0n) is 15.1. The first-order chi connectivity index (χ1) is 13.6. The van der Waals surface area contributed by atoms with Gasteiger partial charge in [0.1, 0.15) is 11.5 Å². The number of benzene rings is 3. The molecular weight excluding hydrogens is 356 g/mol. The molecule has 0 bridgehead atoms. The number of hydrogen-bond acceptors (Lipinski definition) is 4. The van der Waals surface area contributed by atoms with E-state index < -0.39 is 5.76 Å². The first-order valence-electron chi connectivity index (χ1n) is 8.86. The van der Waals surface area contributed by atoms with Crippen LogP contribution in [0.5, 0.6) is 11.5 Å². The maximum Gasteiger partial charge on any atom is 0.417 e. The minimum Gasteiger partial charge on any atom is -0.457 e. The van der Waals surface area contributed by atoms with Crippen molar-refractivity contribution < 1.29 is 13.9 Å². The second-order valence-corrected chi connectivity index (χ2v) is 6.37. The van der Waals surface area contributed by atoms with E-state index in [1.807, 2.05) is 61.5 Å². The Bertz CT molecular complexity index is 1180. The summed E-state index contributed by atoms with van der Waals surface area (Å²) in [6.07, 6.45) is 0. The Morgan fingerprint density at radius 3 is 2.61 bits per heavy atom. The first kappa shape index (κ1) is 17.6. The van der Waals surface area contributed by atoms with Crippen molar-refractivity contribution >= 4 is 17.0 Å². The number of para-hydroxylation sites is 2. The van der Waals surface area contributed by atoms with Crippen molar-refractivity contribution in [1.82, 2.24) is 10.3 Å². The molecule has 140 valence electrons. The van der Waals surface area contributed by atoms with E-state index in [0.717, 1.165) is 11.3 Å². The molecule has 1 aromatic heterocycles. The molecule has 0 radical (unpaired) electrons. The van der Waals surface area contributed by atoms with E-state index in [0.29, 0.717) is 22.4 Å². The van der Waals surface area contributed by atoms with Gasteiger partial charge in [-0.3, -0.25) is 9.78 Å². The van der Waals surface area contributed by atoms with Crippen molar-refractivity contribution in [2.75, 3.05) is 0 Å². The lowest BCUT2D eigenvalue weighted by Crippen LogP contribution is -2.26. The van der Waals surface area contributed by atoms with Gasteiger partial charge < -0.3 is 14.5 Å². The number of amides is 1. The van der Waals surface area contributed by atoms with Gasteiger partial charge in [0.25, 0.3) is 5.91 Å². The van der Waals surface area contributed by atoms with Crippen molar-refractivity contribution in [2.24, 2.45) is 0 Å². The van der Waals surface area contributed by atoms with Gasteiger partial charge in [-0.05, 0) is 43.3 Å². The Kier molecular flexibility index (Phi) is 4.68. The first-order valence-corrected chi connectivity index (χ1v) is 8.86. The van der Waals surface area contributed by atoms with Crippen LogP contribution in [0.25, 0.3) is 11.1 Å². The molecule has 6 heteroatoms. The Morgan fingerprint density at radius 2 is 1.79 bits per heavy atom. The van der Waals surface area contributed by atoms with E-state index in [9.17, 15) is 9.59 Å². The van der Waals surface area contributed by atoms with Gasteiger partial charge in [-0.1, -0.05) is 36.4 Å². The molecule has 4 rings (SSSR count). The molecule has 1 amide bonds. The lowest BCUT2D eigenvalue weighted by atomic mass is 10.1. The van der Waals surface area contributed by atoms with Gasteiger partial charge in [-0.15, -0.1) is 0 Å². The summed E-state index contributed by atoms with van der Waals surface area (Å²) in [5.74, 6) is 0.579. The predicted molar refractivity (Wildman–Crippen MR) is 106 cm³/mol. The van der Waals surface area contributed by atoms with Crippen LogP contribution in [-0.2, 0) is 0 Å². The monoisotopic (exact) mass is 374 g/mol. The smallest absolute Gasteiger partial charge is 0.417 e. The molecule has 1 heterocycles. The fraction of sp³-hybridized carbons (Fsp3) is 0.0909. The minimum absolute atomic E-state index is 0.271. The number of H-pyrrole nitrogens is 1. The normalized spacial score (nSPS) is 11.9. The van der Waals surface area contributed by atoms with Gasteiger partial charge in [0.2, 0.25) is 0 Å². The summed E-state index contributed by atoms with van der Waals surface area (Å²) >= 11 is 0. The number of oxazole rings is 1.